The summed E-state index contributed by atoms with van der Waals surface area (Å²) in [5.74, 6) is -1.10. The molecule has 0 fully saturated rings. The molecule has 8 heteroatoms. The molecule has 0 aliphatic carbocycles. The van der Waals surface area contributed by atoms with E-state index in [0.717, 1.165) is 21.5 Å². The second kappa shape index (κ2) is 7.47. The lowest BCUT2D eigenvalue weighted by atomic mass is 10.2. The minimum atomic E-state index is -0.921. The molecule has 1 N–H and O–H groups in total. The number of carboxylic acids is 1. The SMILES string of the molecule is Cc1nn(Cc2ccc(Cl)cc2)c2sc(C(=O)N(C)CCC(=O)O)cc12. The number of hydrogen-bond donors (Lipinski definition) is 1. The number of aryl methyl sites for hydroxylation is 1. The monoisotopic (exact) mass is 391 g/mol. The third-order valence-electron chi connectivity index (χ3n) is 4.07. The molecule has 1 aromatic carbocycles. The van der Waals surface area contributed by atoms with E-state index >= 15 is 0 Å². The van der Waals surface area contributed by atoms with Crippen LogP contribution in [-0.2, 0) is 11.3 Å². The molecule has 26 heavy (non-hydrogen) atoms. The molecule has 3 aromatic rings. The van der Waals surface area contributed by atoms with E-state index in [1.165, 1.54) is 16.2 Å². The van der Waals surface area contributed by atoms with Crippen LogP contribution in [0.2, 0.25) is 5.02 Å². The molecular formula is C18H18ClN3O3S. The quantitative estimate of drug-likeness (QED) is 0.695. The first-order valence-corrected chi connectivity index (χ1v) is 9.23. The van der Waals surface area contributed by atoms with Gasteiger partial charge in [-0.05, 0) is 30.7 Å². The van der Waals surface area contributed by atoms with Crippen LogP contribution in [0.15, 0.2) is 30.3 Å². The van der Waals surface area contributed by atoms with Gasteiger partial charge in [0, 0.05) is 24.0 Å². The van der Waals surface area contributed by atoms with E-state index in [1.807, 2.05) is 41.9 Å². The fourth-order valence-electron chi connectivity index (χ4n) is 2.64. The Morgan fingerprint density at radius 1 is 1.31 bits per heavy atom. The van der Waals surface area contributed by atoms with Crippen LogP contribution < -0.4 is 0 Å². The number of fused-ring (bicyclic) bond motifs is 1. The van der Waals surface area contributed by atoms with Gasteiger partial charge in [0.1, 0.15) is 4.83 Å². The molecule has 0 spiro atoms. The summed E-state index contributed by atoms with van der Waals surface area (Å²) in [6.07, 6.45) is -0.0729. The van der Waals surface area contributed by atoms with Crippen molar-refractivity contribution in [3.63, 3.8) is 0 Å². The van der Waals surface area contributed by atoms with Crippen LogP contribution in [0.25, 0.3) is 10.2 Å². The van der Waals surface area contributed by atoms with E-state index in [4.69, 9.17) is 16.7 Å². The van der Waals surface area contributed by atoms with Crippen molar-refractivity contribution in [3.8, 4) is 0 Å². The Balaban J connectivity index is 1.85. The molecule has 2 heterocycles. The largest absolute Gasteiger partial charge is 0.481 e. The Bertz CT molecular complexity index is 962. The van der Waals surface area contributed by atoms with Gasteiger partial charge in [-0.2, -0.15) is 5.10 Å². The molecule has 0 bridgehead atoms. The van der Waals surface area contributed by atoms with Crippen LogP contribution in [0.4, 0.5) is 0 Å². The van der Waals surface area contributed by atoms with Crippen molar-refractivity contribution in [1.29, 1.82) is 0 Å². The number of benzene rings is 1. The Labute approximate surface area is 159 Å². The van der Waals surface area contributed by atoms with Gasteiger partial charge in [-0.1, -0.05) is 23.7 Å². The molecule has 0 radical (unpaired) electrons. The number of carbonyl (C=O) groups excluding carboxylic acids is 1. The van der Waals surface area contributed by atoms with E-state index in [0.29, 0.717) is 16.4 Å². The summed E-state index contributed by atoms with van der Waals surface area (Å²) in [5.41, 5.74) is 1.93. The number of nitrogens with zero attached hydrogens (tertiary/aromatic N) is 3. The number of thiophene rings is 1. The van der Waals surface area contributed by atoms with Crippen LogP contribution in [0.1, 0.15) is 27.3 Å². The molecule has 6 nitrogen and oxygen atoms in total. The molecule has 3 rings (SSSR count). The Hall–Kier alpha value is -2.38. The zero-order chi connectivity index (χ0) is 18.8. The maximum atomic E-state index is 12.5. The number of aliphatic carboxylic acids is 1. The van der Waals surface area contributed by atoms with Crippen LogP contribution in [0.3, 0.4) is 0 Å². The lowest BCUT2D eigenvalue weighted by Crippen LogP contribution is -2.28. The molecule has 0 aliphatic rings. The van der Waals surface area contributed by atoms with Crippen molar-refractivity contribution in [3.05, 3.63) is 51.5 Å². The highest BCUT2D eigenvalue weighted by Gasteiger charge is 2.19. The van der Waals surface area contributed by atoms with Gasteiger partial charge < -0.3 is 10.0 Å². The summed E-state index contributed by atoms with van der Waals surface area (Å²) in [7, 11) is 1.61. The number of aromatic nitrogens is 2. The Kier molecular flexibility index (Phi) is 5.29. The van der Waals surface area contributed by atoms with E-state index in [-0.39, 0.29) is 18.9 Å². The zero-order valence-electron chi connectivity index (χ0n) is 14.4. The Morgan fingerprint density at radius 2 is 2.00 bits per heavy atom. The number of carbonyl (C=O) groups is 2. The molecular weight excluding hydrogens is 374 g/mol. The van der Waals surface area contributed by atoms with Crippen LogP contribution in [-0.4, -0.2) is 45.3 Å². The predicted molar refractivity (Wildman–Crippen MR) is 102 cm³/mol. The summed E-state index contributed by atoms with van der Waals surface area (Å²) < 4.78 is 1.88. The normalized spacial score (nSPS) is 11.0. The number of hydrogen-bond acceptors (Lipinski definition) is 4. The van der Waals surface area contributed by atoms with Gasteiger partial charge in [-0.15, -0.1) is 11.3 Å². The zero-order valence-corrected chi connectivity index (χ0v) is 16.0. The van der Waals surface area contributed by atoms with Gasteiger partial charge >= 0.3 is 5.97 Å². The van der Waals surface area contributed by atoms with Gasteiger partial charge in [0.2, 0.25) is 0 Å². The average Bonchev–Trinajstić information content (AvgIpc) is 3.16. The second-order valence-electron chi connectivity index (χ2n) is 6.07. The maximum Gasteiger partial charge on any atom is 0.305 e. The van der Waals surface area contributed by atoms with Crippen LogP contribution in [0, 0.1) is 6.92 Å². The fourth-order valence-corrected chi connectivity index (χ4v) is 3.92. The van der Waals surface area contributed by atoms with Gasteiger partial charge in [-0.25, -0.2) is 0 Å². The number of amides is 1. The Morgan fingerprint density at radius 3 is 2.65 bits per heavy atom. The summed E-state index contributed by atoms with van der Waals surface area (Å²) >= 11 is 7.30. The topological polar surface area (TPSA) is 75.4 Å². The molecule has 136 valence electrons. The summed E-state index contributed by atoms with van der Waals surface area (Å²) in [6, 6.07) is 9.41. The average molecular weight is 392 g/mol. The highest BCUT2D eigenvalue weighted by Crippen LogP contribution is 2.29. The summed E-state index contributed by atoms with van der Waals surface area (Å²) in [6.45, 7) is 2.68. The smallest absolute Gasteiger partial charge is 0.305 e. The number of carboxylic acid groups (broad SMARTS) is 1. The van der Waals surface area contributed by atoms with Crippen molar-refractivity contribution in [2.45, 2.75) is 19.9 Å². The highest BCUT2D eigenvalue weighted by molar-refractivity contribution is 7.20. The standard InChI is InChI=1S/C18H18ClN3O3S/c1-11-14-9-15(17(25)21(2)8-7-16(23)24)26-18(14)22(20-11)10-12-3-5-13(19)6-4-12/h3-6,9H,7-8,10H2,1-2H3,(H,23,24). The predicted octanol–water partition coefficient (Wildman–Crippen LogP) is 3.65. The third kappa shape index (κ3) is 3.89. The highest BCUT2D eigenvalue weighted by atomic mass is 35.5. The lowest BCUT2D eigenvalue weighted by molar-refractivity contribution is -0.137. The van der Waals surface area contributed by atoms with Crippen molar-refractivity contribution in [2.75, 3.05) is 13.6 Å². The minimum absolute atomic E-state index is 0.0729. The maximum absolute atomic E-state index is 12.5. The first kappa shape index (κ1) is 18.4. The van der Waals surface area contributed by atoms with Gasteiger partial charge in [-0.3, -0.25) is 14.3 Å². The van der Waals surface area contributed by atoms with Gasteiger partial charge in [0.15, 0.2) is 0 Å². The molecule has 2 aromatic heterocycles. The van der Waals surface area contributed by atoms with E-state index in [2.05, 4.69) is 5.10 Å². The molecule has 1 amide bonds. The molecule has 0 saturated carbocycles. The first-order valence-electron chi connectivity index (χ1n) is 8.04. The second-order valence-corrected chi connectivity index (χ2v) is 7.54. The van der Waals surface area contributed by atoms with E-state index in [9.17, 15) is 9.59 Å². The van der Waals surface area contributed by atoms with Gasteiger partial charge in [0.05, 0.1) is 23.5 Å². The van der Waals surface area contributed by atoms with Crippen molar-refractivity contribution in [1.82, 2.24) is 14.7 Å². The van der Waals surface area contributed by atoms with E-state index in [1.54, 1.807) is 7.05 Å². The van der Waals surface area contributed by atoms with Crippen molar-refractivity contribution < 1.29 is 14.7 Å². The van der Waals surface area contributed by atoms with Crippen molar-refractivity contribution in [2.24, 2.45) is 0 Å². The number of halogens is 1. The summed E-state index contributed by atoms with van der Waals surface area (Å²) in [5, 5.41) is 15.0. The molecule has 0 unspecified atom stereocenters. The molecule has 0 aliphatic heterocycles. The van der Waals surface area contributed by atoms with E-state index < -0.39 is 5.97 Å². The van der Waals surface area contributed by atoms with Crippen molar-refractivity contribution >= 4 is 45.0 Å². The minimum Gasteiger partial charge on any atom is -0.481 e. The lowest BCUT2D eigenvalue weighted by Gasteiger charge is -2.14. The molecule has 0 atom stereocenters. The first-order chi connectivity index (χ1) is 12.3. The summed E-state index contributed by atoms with van der Waals surface area (Å²) in [4.78, 5) is 26.2. The van der Waals surface area contributed by atoms with Gasteiger partial charge in [0.25, 0.3) is 5.91 Å². The fraction of sp³-hybridized carbons (Fsp3) is 0.278. The number of rotatable bonds is 6. The molecule has 0 saturated heterocycles. The van der Waals surface area contributed by atoms with Crippen LogP contribution >= 0.6 is 22.9 Å². The van der Waals surface area contributed by atoms with Crippen LogP contribution in [0.5, 0.6) is 0 Å². The third-order valence-corrected chi connectivity index (χ3v) is 5.46.